The van der Waals surface area contributed by atoms with E-state index in [2.05, 4.69) is 20.6 Å². The maximum Gasteiger partial charge on any atom is 0.271 e. The van der Waals surface area contributed by atoms with E-state index in [0.717, 1.165) is 19.1 Å². The van der Waals surface area contributed by atoms with Gasteiger partial charge in [-0.25, -0.2) is 18.4 Å². The minimum absolute atomic E-state index is 0.0382. The maximum absolute atomic E-state index is 11.9. The topological polar surface area (TPSA) is 147 Å². The standard InChI is InChI=1S/C18H22IN5O4S/c1-29(27,28)13-4-2-3-11(9-13)22-17-14(16(20)26)23-15(19)18(24-17)21-10-5-7-12(25)8-6-10/h2-4,9-10,12,25H,5-8H2,1H3,(H2,20,26)(H2,21,22,24). The number of carbonyl (C=O) groups is 1. The van der Waals surface area contributed by atoms with Crippen LogP contribution in [0, 0.1) is 3.70 Å². The van der Waals surface area contributed by atoms with Crippen molar-refractivity contribution in [3.8, 4) is 0 Å². The van der Waals surface area contributed by atoms with E-state index in [1.807, 2.05) is 22.6 Å². The number of aliphatic hydroxyl groups is 1. The van der Waals surface area contributed by atoms with Crippen molar-refractivity contribution in [1.82, 2.24) is 9.97 Å². The zero-order valence-corrected chi connectivity index (χ0v) is 18.7. The number of aromatic nitrogens is 2. The Morgan fingerprint density at radius 2 is 1.90 bits per heavy atom. The van der Waals surface area contributed by atoms with Gasteiger partial charge in [0.25, 0.3) is 5.91 Å². The van der Waals surface area contributed by atoms with Crippen molar-refractivity contribution >= 4 is 55.7 Å². The lowest BCUT2D eigenvalue weighted by atomic mass is 9.93. The quantitative estimate of drug-likeness (QED) is 0.414. The Balaban J connectivity index is 1.91. The third kappa shape index (κ3) is 5.54. The SMILES string of the molecule is CS(=O)(=O)c1cccc(Nc2nc(NC3CCC(O)CC3)c(I)nc2C(N)=O)c1. The molecule has 0 radical (unpaired) electrons. The van der Waals surface area contributed by atoms with Crippen LogP contribution in [0.3, 0.4) is 0 Å². The van der Waals surface area contributed by atoms with Gasteiger partial charge in [-0.15, -0.1) is 0 Å². The second-order valence-corrected chi connectivity index (χ2v) is 10.0. The van der Waals surface area contributed by atoms with E-state index in [-0.39, 0.29) is 28.6 Å². The highest BCUT2D eigenvalue weighted by atomic mass is 127. The van der Waals surface area contributed by atoms with Gasteiger partial charge in [0.1, 0.15) is 3.70 Å². The van der Waals surface area contributed by atoms with Crippen molar-refractivity contribution < 1.29 is 18.3 Å². The van der Waals surface area contributed by atoms with E-state index in [1.54, 1.807) is 12.1 Å². The Labute approximate surface area is 182 Å². The summed E-state index contributed by atoms with van der Waals surface area (Å²) in [5, 5.41) is 15.9. The largest absolute Gasteiger partial charge is 0.393 e. The van der Waals surface area contributed by atoms with Crippen LogP contribution in [-0.4, -0.2) is 47.8 Å². The average molecular weight is 531 g/mol. The van der Waals surface area contributed by atoms with E-state index in [0.29, 0.717) is 28.0 Å². The molecule has 0 atom stereocenters. The van der Waals surface area contributed by atoms with Crippen LogP contribution in [-0.2, 0) is 9.84 Å². The average Bonchev–Trinajstić information content (AvgIpc) is 2.65. The monoisotopic (exact) mass is 531 g/mol. The summed E-state index contributed by atoms with van der Waals surface area (Å²) in [7, 11) is -3.38. The molecule has 0 spiro atoms. The Kier molecular flexibility index (Phi) is 6.58. The summed E-state index contributed by atoms with van der Waals surface area (Å²) in [6.07, 6.45) is 3.88. The Bertz CT molecular complexity index is 1020. The number of hydrogen-bond donors (Lipinski definition) is 4. The molecule has 1 aromatic carbocycles. The summed E-state index contributed by atoms with van der Waals surface area (Å²) in [5.41, 5.74) is 5.86. The van der Waals surface area contributed by atoms with E-state index in [1.165, 1.54) is 12.1 Å². The van der Waals surface area contributed by atoms with E-state index in [9.17, 15) is 18.3 Å². The maximum atomic E-state index is 11.9. The number of amides is 1. The number of nitrogens with two attached hydrogens (primary N) is 1. The molecule has 0 aliphatic heterocycles. The predicted molar refractivity (Wildman–Crippen MR) is 118 cm³/mol. The lowest BCUT2D eigenvalue weighted by Gasteiger charge is -2.27. The van der Waals surface area contributed by atoms with Crippen LogP contribution in [0.1, 0.15) is 36.2 Å². The minimum Gasteiger partial charge on any atom is -0.393 e. The van der Waals surface area contributed by atoms with Crippen LogP contribution in [0.2, 0.25) is 0 Å². The second-order valence-electron chi connectivity index (χ2n) is 7.00. The fourth-order valence-electron chi connectivity index (χ4n) is 3.12. The van der Waals surface area contributed by atoms with Gasteiger partial charge in [0.05, 0.1) is 11.0 Å². The van der Waals surface area contributed by atoms with Gasteiger partial charge in [0.2, 0.25) is 0 Å². The first-order valence-corrected chi connectivity index (χ1v) is 12.0. The highest BCUT2D eigenvalue weighted by Gasteiger charge is 2.22. The number of carbonyl (C=O) groups excluding carboxylic acids is 1. The number of aliphatic hydroxyl groups excluding tert-OH is 1. The molecule has 1 amide bonds. The molecule has 1 aliphatic carbocycles. The molecule has 29 heavy (non-hydrogen) atoms. The summed E-state index contributed by atoms with van der Waals surface area (Å²) in [6.45, 7) is 0. The van der Waals surface area contributed by atoms with Gasteiger partial charge in [-0.3, -0.25) is 4.79 Å². The van der Waals surface area contributed by atoms with Gasteiger partial charge in [0.15, 0.2) is 27.2 Å². The van der Waals surface area contributed by atoms with Crippen LogP contribution >= 0.6 is 22.6 Å². The minimum atomic E-state index is -3.38. The third-order valence-electron chi connectivity index (χ3n) is 4.65. The van der Waals surface area contributed by atoms with Crippen molar-refractivity contribution in [3.63, 3.8) is 0 Å². The molecule has 1 aliphatic rings. The van der Waals surface area contributed by atoms with E-state index >= 15 is 0 Å². The highest BCUT2D eigenvalue weighted by Crippen LogP contribution is 2.27. The lowest BCUT2D eigenvalue weighted by Crippen LogP contribution is -2.29. The molecule has 3 rings (SSSR count). The van der Waals surface area contributed by atoms with Crippen molar-refractivity contribution in [1.29, 1.82) is 0 Å². The Morgan fingerprint density at radius 3 is 2.52 bits per heavy atom. The first-order chi connectivity index (χ1) is 13.6. The first-order valence-electron chi connectivity index (χ1n) is 9.02. The van der Waals surface area contributed by atoms with Crippen molar-refractivity contribution in [2.24, 2.45) is 5.73 Å². The number of anilines is 3. The molecule has 1 aromatic heterocycles. The second kappa shape index (κ2) is 8.79. The number of primary amides is 1. The highest BCUT2D eigenvalue weighted by molar-refractivity contribution is 14.1. The molecule has 1 fully saturated rings. The van der Waals surface area contributed by atoms with Gasteiger partial charge >= 0.3 is 0 Å². The molecule has 9 nitrogen and oxygen atoms in total. The number of nitrogens with one attached hydrogen (secondary N) is 2. The summed E-state index contributed by atoms with van der Waals surface area (Å²) >= 11 is 1.98. The van der Waals surface area contributed by atoms with Gasteiger partial charge in [-0.1, -0.05) is 6.07 Å². The molecule has 0 bridgehead atoms. The van der Waals surface area contributed by atoms with E-state index < -0.39 is 15.7 Å². The number of halogens is 1. The molecule has 0 unspecified atom stereocenters. The fraction of sp³-hybridized carbons (Fsp3) is 0.389. The van der Waals surface area contributed by atoms with Crippen LogP contribution in [0.5, 0.6) is 0 Å². The molecule has 2 aromatic rings. The van der Waals surface area contributed by atoms with Crippen molar-refractivity contribution in [2.45, 2.75) is 42.7 Å². The normalized spacial score (nSPS) is 19.6. The molecule has 5 N–H and O–H groups in total. The summed E-state index contributed by atoms with van der Waals surface area (Å²) in [6, 6.07) is 6.33. The molecule has 11 heteroatoms. The van der Waals surface area contributed by atoms with Crippen LogP contribution in [0.25, 0.3) is 0 Å². The van der Waals surface area contributed by atoms with Gasteiger partial charge in [-0.2, -0.15) is 0 Å². The molecular formula is C18H22IN5O4S. The first kappa shape index (κ1) is 21.7. The number of hydrogen-bond acceptors (Lipinski definition) is 8. The summed E-state index contributed by atoms with van der Waals surface area (Å²) in [5.74, 6) is -0.106. The van der Waals surface area contributed by atoms with E-state index in [4.69, 9.17) is 5.73 Å². The fourth-order valence-corrected chi connectivity index (χ4v) is 4.30. The van der Waals surface area contributed by atoms with Crippen LogP contribution < -0.4 is 16.4 Å². The van der Waals surface area contributed by atoms with Crippen molar-refractivity contribution in [3.05, 3.63) is 33.7 Å². The Hall–Kier alpha value is -1.99. The number of sulfone groups is 1. The smallest absolute Gasteiger partial charge is 0.271 e. The molecule has 0 saturated heterocycles. The van der Waals surface area contributed by atoms with Crippen LogP contribution in [0.15, 0.2) is 29.2 Å². The lowest BCUT2D eigenvalue weighted by molar-refractivity contribution is 0.0996. The molecular weight excluding hydrogens is 509 g/mol. The summed E-state index contributed by atoms with van der Waals surface area (Å²) in [4.78, 5) is 20.8. The molecule has 156 valence electrons. The van der Waals surface area contributed by atoms with Crippen molar-refractivity contribution in [2.75, 3.05) is 16.9 Å². The number of rotatable bonds is 6. The number of benzene rings is 1. The predicted octanol–water partition coefficient (Wildman–Crippen LogP) is 2.04. The van der Waals surface area contributed by atoms with Gasteiger partial charge in [0, 0.05) is 18.0 Å². The zero-order chi connectivity index (χ0) is 21.2. The van der Waals surface area contributed by atoms with Gasteiger partial charge in [-0.05, 0) is 66.5 Å². The number of nitrogens with zero attached hydrogens (tertiary/aromatic N) is 2. The Morgan fingerprint density at radius 1 is 1.21 bits per heavy atom. The van der Waals surface area contributed by atoms with Gasteiger partial charge < -0.3 is 21.5 Å². The molecule has 1 saturated carbocycles. The third-order valence-corrected chi connectivity index (χ3v) is 6.51. The summed E-state index contributed by atoms with van der Waals surface area (Å²) < 4.78 is 24.1. The zero-order valence-electron chi connectivity index (χ0n) is 15.7. The molecule has 1 heterocycles. The van der Waals surface area contributed by atoms with Crippen LogP contribution in [0.4, 0.5) is 17.3 Å².